The third-order valence-corrected chi connectivity index (χ3v) is 3.45. The molecular formula is C13H15BrFN3. The van der Waals surface area contributed by atoms with Gasteiger partial charge in [-0.3, -0.25) is 5.10 Å². The van der Waals surface area contributed by atoms with Crippen molar-refractivity contribution in [1.29, 1.82) is 0 Å². The lowest BCUT2D eigenvalue weighted by Gasteiger charge is -2.15. The van der Waals surface area contributed by atoms with Crippen LogP contribution in [-0.4, -0.2) is 10.2 Å². The lowest BCUT2D eigenvalue weighted by atomic mass is 10.1. The van der Waals surface area contributed by atoms with Crippen LogP contribution < -0.4 is 5.32 Å². The molecular weight excluding hydrogens is 297 g/mol. The Morgan fingerprint density at radius 1 is 1.50 bits per heavy atom. The van der Waals surface area contributed by atoms with E-state index in [1.165, 1.54) is 6.07 Å². The van der Waals surface area contributed by atoms with E-state index < -0.39 is 0 Å². The van der Waals surface area contributed by atoms with Crippen LogP contribution in [0.15, 0.2) is 28.9 Å². The fraction of sp³-hybridized carbons (Fsp3) is 0.308. The fourth-order valence-corrected chi connectivity index (χ4v) is 2.15. The number of hydrogen-bond acceptors (Lipinski definition) is 2. The highest BCUT2D eigenvalue weighted by molar-refractivity contribution is 9.10. The molecule has 2 rings (SSSR count). The lowest BCUT2D eigenvalue weighted by Crippen LogP contribution is -2.19. The number of aromatic amines is 1. The van der Waals surface area contributed by atoms with Gasteiger partial charge in [0.25, 0.3) is 0 Å². The summed E-state index contributed by atoms with van der Waals surface area (Å²) in [6.45, 7) is 4.57. The van der Waals surface area contributed by atoms with Crippen LogP contribution in [0.5, 0.6) is 0 Å². The van der Waals surface area contributed by atoms with Crippen molar-refractivity contribution >= 4 is 15.9 Å². The van der Waals surface area contributed by atoms with Crippen molar-refractivity contribution in [2.75, 3.05) is 0 Å². The molecule has 3 nitrogen and oxygen atoms in total. The molecule has 0 bridgehead atoms. The van der Waals surface area contributed by atoms with Crippen molar-refractivity contribution in [2.24, 2.45) is 0 Å². The first-order valence-electron chi connectivity index (χ1n) is 5.75. The van der Waals surface area contributed by atoms with Crippen LogP contribution in [-0.2, 0) is 6.54 Å². The Bertz CT molecular complexity index is 539. The van der Waals surface area contributed by atoms with E-state index in [-0.39, 0.29) is 11.9 Å². The first kappa shape index (κ1) is 13.2. The highest BCUT2D eigenvalue weighted by Gasteiger charge is 2.11. The second kappa shape index (κ2) is 5.63. The molecule has 18 heavy (non-hydrogen) atoms. The third-order valence-electron chi connectivity index (χ3n) is 2.96. The number of aryl methyl sites for hydroxylation is 1. The van der Waals surface area contributed by atoms with Crippen LogP contribution in [0.2, 0.25) is 0 Å². The molecule has 1 heterocycles. The van der Waals surface area contributed by atoms with E-state index in [0.29, 0.717) is 12.1 Å². The maximum Gasteiger partial charge on any atom is 0.128 e. The molecule has 5 heteroatoms. The molecule has 0 saturated heterocycles. The molecule has 0 aliphatic heterocycles. The summed E-state index contributed by atoms with van der Waals surface area (Å²) < 4.78 is 14.6. The molecule has 1 aromatic carbocycles. The molecule has 2 N–H and O–H groups in total. The third kappa shape index (κ3) is 2.97. The molecule has 0 radical (unpaired) electrons. The normalized spacial score (nSPS) is 12.7. The number of nitrogens with one attached hydrogen (secondary N) is 2. The monoisotopic (exact) mass is 311 g/mol. The Morgan fingerprint density at radius 2 is 2.28 bits per heavy atom. The highest BCUT2D eigenvalue weighted by atomic mass is 79.9. The minimum Gasteiger partial charge on any atom is -0.306 e. The number of halogens is 2. The van der Waals surface area contributed by atoms with Gasteiger partial charge in [-0.25, -0.2) is 4.39 Å². The van der Waals surface area contributed by atoms with Crippen LogP contribution in [0.25, 0.3) is 0 Å². The predicted octanol–water partition coefficient (Wildman–Crippen LogP) is 3.47. The molecule has 1 aromatic heterocycles. The van der Waals surface area contributed by atoms with Gasteiger partial charge in [-0.05, 0) is 32.0 Å². The molecule has 0 aliphatic rings. The maximum absolute atomic E-state index is 13.7. The molecule has 0 amide bonds. The number of aromatic nitrogens is 2. The van der Waals surface area contributed by atoms with Crippen molar-refractivity contribution < 1.29 is 4.39 Å². The van der Waals surface area contributed by atoms with Gasteiger partial charge in [-0.15, -0.1) is 0 Å². The number of rotatable bonds is 4. The quantitative estimate of drug-likeness (QED) is 0.907. The Morgan fingerprint density at radius 3 is 2.94 bits per heavy atom. The maximum atomic E-state index is 13.7. The van der Waals surface area contributed by atoms with Gasteiger partial charge in [0.15, 0.2) is 0 Å². The molecule has 0 aliphatic carbocycles. The van der Waals surface area contributed by atoms with E-state index in [1.807, 2.05) is 13.8 Å². The summed E-state index contributed by atoms with van der Waals surface area (Å²) in [5.74, 6) is -0.192. The van der Waals surface area contributed by atoms with Crippen LogP contribution in [0, 0.1) is 12.7 Å². The lowest BCUT2D eigenvalue weighted by molar-refractivity contribution is 0.527. The number of benzene rings is 1. The second-order valence-corrected chi connectivity index (χ2v) is 5.20. The van der Waals surface area contributed by atoms with Crippen LogP contribution in [0.1, 0.15) is 29.8 Å². The van der Waals surface area contributed by atoms with Crippen molar-refractivity contribution in [3.8, 4) is 0 Å². The zero-order valence-electron chi connectivity index (χ0n) is 10.3. The molecule has 0 saturated carbocycles. The van der Waals surface area contributed by atoms with Gasteiger partial charge in [0.1, 0.15) is 5.82 Å². The van der Waals surface area contributed by atoms with E-state index in [0.717, 1.165) is 15.7 Å². The summed E-state index contributed by atoms with van der Waals surface area (Å²) in [6, 6.07) is 4.92. The number of H-pyrrole nitrogens is 1. The number of hydrogen-bond donors (Lipinski definition) is 2. The predicted molar refractivity (Wildman–Crippen MR) is 72.7 cm³/mol. The Kier molecular flexibility index (Phi) is 4.14. The van der Waals surface area contributed by atoms with Gasteiger partial charge in [-0.1, -0.05) is 15.9 Å². The SMILES string of the molecule is Cc1[nH]ncc1CNC(C)c1cc(Br)ccc1F. The standard InChI is InChI=1S/C13H15BrFN3/c1-8-10(7-17-18-8)6-16-9(2)12-5-11(14)3-4-13(12)15/h3-5,7,9,16H,6H2,1-2H3,(H,17,18). The van der Waals surface area contributed by atoms with E-state index in [2.05, 4.69) is 31.4 Å². The zero-order valence-corrected chi connectivity index (χ0v) is 11.9. The van der Waals surface area contributed by atoms with E-state index in [9.17, 15) is 4.39 Å². The summed E-state index contributed by atoms with van der Waals surface area (Å²) in [7, 11) is 0. The highest BCUT2D eigenvalue weighted by Crippen LogP contribution is 2.21. The average Bonchev–Trinajstić information content (AvgIpc) is 2.75. The van der Waals surface area contributed by atoms with E-state index >= 15 is 0 Å². The largest absolute Gasteiger partial charge is 0.306 e. The minimum atomic E-state index is -0.192. The van der Waals surface area contributed by atoms with Crippen molar-refractivity contribution in [2.45, 2.75) is 26.4 Å². The number of nitrogens with zero attached hydrogens (tertiary/aromatic N) is 1. The summed E-state index contributed by atoms with van der Waals surface area (Å²) in [4.78, 5) is 0. The van der Waals surface area contributed by atoms with Crippen molar-refractivity contribution in [1.82, 2.24) is 15.5 Å². The van der Waals surface area contributed by atoms with Crippen LogP contribution >= 0.6 is 15.9 Å². The minimum absolute atomic E-state index is 0.0585. The Hall–Kier alpha value is -1.20. The van der Waals surface area contributed by atoms with Crippen molar-refractivity contribution in [3.05, 3.63) is 51.5 Å². The van der Waals surface area contributed by atoms with Gasteiger partial charge < -0.3 is 5.32 Å². The molecule has 1 unspecified atom stereocenters. The summed E-state index contributed by atoms with van der Waals surface area (Å²) >= 11 is 3.36. The van der Waals surface area contributed by atoms with E-state index in [1.54, 1.807) is 18.3 Å². The van der Waals surface area contributed by atoms with E-state index in [4.69, 9.17) is 0 Å². The summed E-state index contributed by atoms with van der Waals surface area (Å²) in [5.41, 5.74) is 2.78. The molecule has 96 valence electrons. The first-order chi connectivity index (χ1) is 8.58. The molecule has 2 aromatic rings. The molecule has 1 atom stereocenters. The first-order valence-corrected chi connectivity index (χ1v) is 6.54. The van der Waals surface area contributed by atoms with Gasteiger partial charge in [0.05, 0.1) is 6.20 Å². The van der Waals surface area contributed by atoms with Gasteiger partial charge in [0.2, 0.25) is 0 Å². The summed E-state index contributed by atoms with van der Waals surface area (Å²) in [6.07, 6.45) is 1.78. The second-order valence-electron chi connectivity index (χ2n) is 4.29. The Balaban J connectivity index is 2.06. The average molecular weight is 312 g/mol. The molecule has 0 fully saturated rings. The topological polar surface area (TPSA) is 40.7 Å². The smallest absolute Gasteiger partial charge is 0.128 e. The van der Waals surface area contributed by atoms with Crippen LogP contribution in [0.3, 0.4) is 0 Å². The van der Waals surface area contributed by atoms with Gasteiger partial charge >= 0.3 is 0 Å². The van der Waals surface area contributed by atoms with Gasteiger partial charge in [-0.2, -0.15) is 5.10 Å². The zero-order chi connectivity index (χ0) is 13.1. The van der Waals surface area contributed by atoms with Gasteiger partial charge in [0, 0.05) is 33.9 Å². The fourth-order valence-electron chi connectivity index (χ4n) is 1.77. The molecule has 0 spiro atoms. The van der Waals surface area contributed by atoms with Crippen molar-refractivity contribution in [3.63, 3.8) is 0 Å². The van der Waals surface area contributed by atoms with Crippen LogP contribution in [0.4, 0.5) is 4.39 Å². The Labute approximate surface area is 114 Å². The summed E-state index contributed by atoms with van der Waals surface area (Å²) in [5, 5.41) is 10.1.